The van der Waals surface area contributed by atoms with Crippen molar-refractivity contribution >= 4 is 52.5 Å². The predicted molar refractivity (Wildman–Crippen MR) is 133 cm³/mol. The minimum Gasteiger partial charge on any atom is -0.342 e. The van der Waals surface area contributed by atoms with Crippen LogP contribution in [0.25, 0.3) is 0 Å². The summed E-state index contributed by atoms with van der Waals surface area (Å²) < 4.78 is 1.76. The van der Waals surface area contributed by atoms with E-state index >= 15 is 0 Å². The number of carbonyl (C=O) groups excluding carboxylic acids is 2. The van der Waals surface area contributed by atoms with E-state index in [0.29, 0.717) is 32.5 Å². The van der Waals surface area contributed by atoms with Gasteiger partial charge < -0.3 is 15.2 Å². The topological polar surface area (TPSA) is 88.9 Å². The van der Waals surface area contributed by atoms with Crippen molar-refractivity contribution in [2.75, 3.05) is 11.1 Å². The second-order valence-electron chi connectivity index (χ2n) is 7.80. The monoisotopic (exact) mass is 505 g/mol. The van der Waals surface area contributed by atoms with Crippen molar-refractivity contribution in [3.05, 3.63) is 69.5 Å². The van der Waals surface area contributed by atoms with Crippen LogP contribution >= 0.6 is 35.0 Å². The molecule has 1 aromatic heterocycles. The van der Waals surface area contributed by atoms with E-state index in [0.717, 1.165) is 11.3 Å². The number of hydrogen-bond donors (Lipinski definition) is 2. The number of benzene rings is 2. The molecule has 0 saturated heterocycles. The maximum atomic E-state index is 12.5. The third kappa shape index (κ3) is 6.28. The van der Waals surface area contributed by atoms with Gasteiger partial charge in [0, 0.05) is 18.3 Å². The van der Waals surface area contributed by atoms with E-state index in [1.165, 1.54) is 17.8 Å². The smallest absolute Gasteiger partial charge is 0.251 e. The minimum atomic E-state index is -0.412. The second-order valence-corrected chi connectivity index (χ2v) is 9.56. The van der Waals surface area contributed by atoms with Gasteiger partial charge in [0.1, 0.15) is 0 Å². The van der Waals surface area contributed by atoms with Gasteiger partial charge in [0.15, 0.2) is 11.0 Å². The highest BCUT2D eigenvalue weighted by molar-refractivity contribution is 7.99. The lowest BCUT2D eigenvalue weighted by Crippen LogP contribution is -2.28. The summed E-state index contributed by atoms with van der Waals surface area (Å²) in [5.74, 6) is 0.621. The number of thioether (sulfide) groups is 1. The Labute approximate surface area is 207 Å². The number of nitrogens with one attached hydrogen (secondary N) is 2. The zero-order valence-electron chi connectivity index (χ0n) is 18.7. The number of halogens is 2. The fraction of sp³-hybridized carbons (Fsp3) is 0.304. The quantitative estimate of drug-likeness (QED) is 0.396. The summed E-state index contributed by atoms with van der Waals surface area (Å²) in [7, 11) is 1.80. The molecule has 10 heteroatoms. The van der Waals surface area contributed by atoms with Crippen LogP contribution < -0.4 is 10.6 Å². The number of carbonyl (C=O) groups is 2. The average Bonchev–Trinajstić information content (AvgIpc) is 3.14. The third-order valence-electron chi connectivity index (χ3n) is 4.97. The number of aromatic nitrogens is 3. The molecule has 0 aliphatic rings. The van der Waals surface area contributed by atoms with Crippen molar-refractivity contribution in [1.29, 1.82) is 0 Å². The first-order chi connectivity index (χ1) is 15.7. The Bertz CT molecular complexity index is 1170. The summed E-state index contributed by atoms with van der Waals surface area (Å²) in [5, 5.41) is 15.5. The molecule has 2 amide bonds. The minimum absolute atomic E-state index is 0.126. The normalized spacial score (nSPS) is 12.0. The Morgan fingerprint density at radius 3 is 2.48 bits per heavy atom. The van der Waals surface area contributed by atoms with Crippen molar-refractivity contribution in [3.8, 4) is 0 Å². The lowest BCUT2D eigenvalue weighted by Gasteiger charge is -2.14. The van der Waals surface area contributed by atoms with Crippen LogP contribution in [0, 0.1) is 0 Å². The molecule has 3 rings (SSSR count). The fourth-order valence-corrected chi connectivity index (χ4v) is 4.26. The van der Waals surface area contributed by atoms with Gasteiger partial charge >= 0.3 is 0 Å². The molecule has 33 heavy (non-hydrogen) atoms. The molecule has 0 bridgehead atoms. The summed E-state index contributed by atoms with van der Waals surface area (Å²) in [6.07, 6.45) is 0. The molecule has 0 aliphatic carbocycles. The highest BCUT2D eigenvalue weighted by atomic mass is 35.5. The molecule has 2 aromatic carbocycles. The predicted octanol–water partition coefficient (Wildman–Crippen LogP) is 5.47. The molecule has 0 unspecified atom stereocenters. The van der Waals surface area contributed by atoms with Crippen molar-refractivity contribution in [3.63, 3.8) is 0 Å². The van der Waals surface area contributed by atoms with Crippen LogP contribution in [0.2, 0.25) is 10.0 Å². The summed E-state index contributed by atoms with van der Waals surface area (Å²) in [6, 6.07) is 12.0. The fourth-order valence-electron chi connectivity index (χ4n) is 3.24. The van der Waals surface area contributed by atoms with Crippen LogP contribution in [-0.2, 0) is 11.8 Å². The maximum Gasteiger partial charge on any atom is 0.251 e. The molecule has 1 heterocycles. The Balaban J connectivity index is 1.60. The highest BCUT2D eigenvalue weighted by Gasteiger charge is 2.20. The van der Waals surface area contributed by atoms with E-state index in [2.05, 4.69) is 34.7 Å². The Hall–Kier alpha value is -2.55. The van der Waals surface area contributed by atoms with Gasteiger partial charge in [-0.2, -0.15) is 0 Å². The van der Waals surface area contributed by atoms with Gasteiger partial charge in [-0.05, 0) is 42.7 Å². The summed E-state index contributed by atoms with van der Waals surface area (Å²) >= 11 is 13.2. The van der Waals surface area contributed by atoms with Gasteiger partial charge in [0.25, 0.3) is 5.91 Å². The molecule has 3 aromatic rings. The van der Waals surface area contributed by atoms with Gasteiger partial charge in [-0.1, -0.05) is 67.0 Å². The van der Waals surface area contributed by atoms with E-state index in [-0.39, 0.29) is 17.6 Å². The molecule has 0 spiro atoms. The van der Waals surface area contributed by atoms with Crippen molar-refractivity contribution < 1.29 is 9.59 Å². The van der Waals surface area contributed by atoms with Crippen molar-refractivity contribution in [1.82, 2.24) is 20.1 Å². The van der Waals surface area contributed by atoms with Crippen LogP contribution in [-0.4, -0.2) is 32.3 Å². The van der Waals surface area contributed by atoms with Gasteiger partial charge in [0.2, 0.25) is 5.91 Å². The van der Waals surface area contributed by atoms with E-state index < -0.39 is 6.04 Å². The summed E-state index contributed by atoms with van der Waals surface area (Å²) in [6.45, 7) is 5.98. The van der Waals surface area contributed by atoms with Gasteiger partial charge in [-0.3, -0.25) is 9.59 Å². The zero-order chi connectivity index (χ0) is 24.1. The van der Waals surface area contributed by atoms with E-state index in [4.69, 9.17) is 23.2 Å². The number of rotatable bonds is 8. The van der Waals surface area contributed by atoms with Gasteiger partial charge in [-0.25, -0.2) is 0 Å². The summed E-state index contributed by atoms with van der Waals surface area (Å²) in [4.78, 5) is 25.0. The number of nitrogens with zero attached hydrogens (tertiary/aromatic N) is 3. The number of para-hydroxylation sites is 1. The van der Waals surface area contributed by atoms with Gasteiger partial charge in [-0.15, -0.1) is 10.2 Å². The van der Waals surface area contributed by atoms with E-state index in [1.807, 2.05) is 31.2 Å². The third-order valence-corrected chi connectivity index (χ3v) is 6.73. The van der Waals surface area contributed by atoms with Crippen LogP contribution in [0.5, 0.6) is 0 Å². The molecule has 0 saturated carbocycles. The highest BCUT2D eigenvalue weighted by Crippen LogP contribution is 2.25. The number of hydrogen-bond acceptors (Lipinski definition) is 5. The maximum absolute atomic E-state index is 12.5. The molecule has 0 radical (unpaired) electrons. The Morgan fingerprint density at radius 1 is 1.06 bits per heavy atom. The zero-order valence-corrected chi connectivity index (χ0v) is 21.1. The first kappa shape index (κ1) is 25.1. The number of amides is 2. The van der Waals surface area contributed by atoms with Crippen LogP contribution in [0.4, 0.5) is 5.69 Å². The molecule has 7 nitrogen and oxygen atoms in total. The largest absolute Gasteiger partial charge is 0.342 e. The van der Waals surface area contributed by atoms with Crippen molar-refractivity contribution in [2.45, 2.75) is 37.9 Å². The average molecular weight is 506 g/mol. The van der Waals surface area contributed by atoms with Gasteiger partial charge in [0.05, 0.1) is 21.8 Å². The first-order valence-corrected chi connectivity index (χ1v) is 12.1. The Kier molecular flexibility index (Phi) is 8.40. The lowest BCUT2D eigenvalue weighted by atomic mass is 10.0. The molecule has 0 aliphatic heterocycles. The molecule has 174 valence electrons. The number of anilines is 1. The second kappa shape index (κ2) is 11.0. The lowest BCUT2D eigenvalue weighted by molar-refractivity contribution is -0.113. The summed E-state index contributed by atoms with van der Waals surface area (Å²) in [5.41, 5.74) is 2.30. The molecule has 1 atom stereocenters. The molecule has 0 fully saturated rings. The Morgan fingerprint density at radius 2 is 1.79 bits per heavy atom. The molecular weight excluding hydrogens is 481 g/mol. The van der Waals surface area contributed by atoms with Crippen LogP contribution in [0.15, 0.2) is 47.6 Å². The first-order valence-electron chi connectivity index (χ1n) is 10.3. The molecular formula is C23H25Cl2N5O2S. The van der Waals surface area contributed by atoms with Crippen LogP contribution in [0.1, 0.15) is 54.5 Å². The molecule has 2 N–H and O–H groups in total. The SMILES string of the molecule is CC(C)c1ccccc1NC(=O)CSc1nnc([C@H](C)NC(=O)c2ccc(Cl)c(Cl)c2)n1C. The van der Waals surface area contributed by atoms with E-state index in [9.17, 15) is 9.59 Å². The standard InChI is InChI=1S/C23H25Cl2N5O2S/c1-13(2)16-7-5-6-8-19(16)27-20(31)12-33-23-29-28-21(30(23)4)14(3)26-22(32)15-9-10-17(24)18(25)11-15/h5-11,13-14H,12H2,1-4H3,(H,26,32)(H,27,31)/t14-/m0/s1. The van der Waals surface area contributed by atoms with Crippen LogP contribution in [0.3, 0.4) is 0 Å². The van der Waals surface area contributed by atoms with Crippen molar-refractivity contribution in [2.24, 2.45) is 7.05 Å². The van der Waals surface area contributed by atoms with E-state index in [1.54, 1.807) is 23.7 Å².